The van der Waals surface area contributed by atoms with Gasteiger partial charge in [0.05, 0.1) is 4.90 Å². The first kappa shape index (κ1) is 21.5. The number of amides is 1. The molecular formula is C25H28N2O3S. The Labute approximate surface area is 184 Å². The van der Waals surface area contributed by atoms with E-state index < -0.39 is 10.0 Å². The zero-order valence-corrected chi connectivity index (χ0v) is 18.8. The van der Waals surface area contributed by atoms with Gasteiger partial charge in [-0.2, -0.15) is 4.31 Å². The van der Waals surface area contributed by atoms with Gasteiger partial charge in [0.25, 0.3) is 5.91 Å². The monoisotopic (exact) mass is 436 g/mol. The summed E-state index contributed by atoms with van der Waals surface area (Å²) in [5.74, 6) is -0.243. The predicted octanol–water partition coefficient (Wildman–Crippen LogP) is 5.07. The zero-order chi connectivity index (χ0) is 22.0. The van der Waals surface area contributed by atoms with Gasteiger partial charge in [-0.05, 0) is 53.9 Å². The minimum absolute atomic E-state index is 0.0263. The van der Waals surface area contributed by atoms with Crippen LogP contribution >= 0.6 is 0 Å². The van der Waals surface area contributed by atoms with Crippen LogP contribution in [0.25, 0.3) is 10.8 Å². The number of hydrogen-bond donors (Lipinski definition) is 0. The van der Waals surface area contributed by atoms with E-state index in [-0.39, 0.29) is 16.8 Å². The van der Waals surface area contributed by atoms with Crippen LogP contribution in [0.2, 0.25) is 0 Å². The maximum absolute atomic E-state index is 13.2. The fourth-order valence-corrected chi connectivity index (χ4v) is 5.76. The quantitative estimate of drug-likeness (QED) is 0.561. The molecule has 162 valence electrons. The normalized spacial score (nSPS) is 15.3. The molecule has 0 radical (unpaired) electrons. The van der Waals surface area contributed by atoms with Gasteiger partial charge in [-0.3, -0.25) is 4.79 Å². The van der Waals surface area contributed by atoms with Gasteiger partial charge in [0, 0.05) is 31.4 Å². The molecule has 0 aliphatic heterocycles. The Kier molecular flexibility index (Phi) is 6.12. The van der Waals surface area contributed by atoms with E-state index in [1.807, 2.05) is 42.5 Å². The maximum atomic E-state index is 13.2. The number of anilines is 1. The number of fused-ring (bicyclic) bond motifs is 1. The molecule has 0 heterocycles. The molecule has 1 fully saturated rings. The van der Waals surface area contributed by atoms with Gasteiger partial charge in [-0.25, -0.2) is 8.42 Å². The summed E-state index contributed by atoms with van der Waals surface area (Å²) in [5.41, 5.74) is 1.12. The molecule has 0 saturated heterocycles. The van der Waals surface area contributed by atoms with Gasteiger partial charge in [0.2, 0.25) is 10.0 Å². The highest BCUT2D eigenvalue weighted by atomic mass is 32.2. The van der Waals surface area contributed by atoms with Crippen molar-refractivity contribution in [3.05, 3.63) is 72.3 Å². The van der Waals surface area contributed by atoms with E-state index in [2.05, 4.69) is 0 Å². The highest BCUT2D eigenvalue weighted by molar-refractivity contribution is 7.89. The maximum Gasteiger partial charge on any atom is 0.258 e. The molecular weight excluding hydrogens is 408 g/mol. The third-order valence-electron chi connectivity index (χ3n) is 6.27. The summed E-state index contributed by atoms with van der Waals surface area (Å²) in [6, 6.07) is 20.2. The topological polar surface area (TPSA) is 57.7 Å². The number of hydrogen-bond acceptors (Lipinski definition) is 3. The van der Waals surface area contributed by atoms with Gasteiger partial charge in [0.15, 0.2) is 0 Å². The molecule has 0 unspecified atom stereocenters. The Bertz CT molecular complexity index is 1200. The van der Waals surface area contributed by atoms with Crippen LogP contribution in [0.1, 0.15) is 42.5 Å². The molecule has 0 atom stereocenters. The number of rotatable bonds is 5. The van der Waals surface area contributed by atoms with Crippen LogP contribution in [-0.4, -0.2) is 38.8 Å². The average Bonchev–Trinajstić information content (AvgIpc) is 2.83. The van der Waals surface area contributed by atoms with E-state index in [1.165, 1.54) is 10.4 Å². The molecule has 0 spiro atoms. The Balaban J connectivity index is 1.59. The minimum atomic E-state index is -3.65. The van der Waals surface area contributed by atoms with Crippen molar-refractivity contribution in [3.8, 4) is 0 Å². The number of benzene rings is 3. The summed E-state index contributed by atoms with van der Waals surface area (Å²) in [6.45, 7) is 0. The highest BCUT2D eigenvalue weighted by Crippen LogP contribution is 2.27. The number of carbonyl (C=O) groups is 1. The van der Waals surface area contributed by atoms with Crippen LogP contribution < -0.4 is 4.90 Å². The summed E-state index contributed by atoms with van der Waals surface area (Å²) in [7, 11) is -0.287. The van der Waals surface area contributed by atoms with Crippen molar-refractivity contribution in [1.29, 1.82) is 0 Å². The largest absolute Gasteiger partial charge is 0.311 e. The number of nitrogens with zero attached hydrogens (tertiary/aromatic N) is 2. The summed E-state index contributed by atoms with van der Waals surface area (Å²) in [5, 5.41) is 2.15. The van der Waals surface area contributed by atoms with E-state index >= 15 is 0 Å². The summed E-state index contributed by atoms with van der Waals surface area (Å²) in [4.78, 5) is 14.9. The highest BCUT2D eigenvalue weighted by Gasteiger charge is 2.29. The second-order valence-electron chi connectivity index (χ2n) is 8.24. The smallest absolute Gasteiger partial charge is 0.258 e. The molecule has 1 aliphatic rings. The van der Waals surface area contributed by atoms with Crippen LogP contribution in [0.3, 0.4) is 0 Å². The molecule has 31 heavy (non-hydrogen) atoms. The van der Waals surface area contributed by atoms with Crippen LogP contribution in [0.5, 0.6) is 0 Å². The first-order valence-corrected chi connectivity index (χ1v) is 12.2. The fraction of sp³-hybridized carbons (Fsp3) is 0.320. The van der Waals surface area contributed by atoms with Crippen LogP contribution in [0.15, 0.2) is 71.6 Å². The first-order valence-electron chi connectivity index (χ1n) is 10.7. The Hall–Kier alpha value is -2.70. The zero-order valence-electron chi connectivity index (χ0n) is 18.0. The van der Waals surface area contributed by atoms with Gasteiger partial charge >= 0.3 is 0 Å². The molecule has 6 heteroatoms. The molecule has 0 N–H and O–H groups in total. The van der Waals surface area contributed by atoms with Crippen molar-refractivity contribution < 1.29 is 13.2 Å². The second kappa shape index (κ2) is 8.81. The Morgan fingerprint density at radius 2 is 1.55 bits per heavy atom. The lowest BCUT2D eigenvalue weighted by atomic mass is 9.96. The lowest BCUT2D eigenvalue weighted by molar-refractivity contribution is 0.0993. The summed E-state index contributed by atoms with van der Waals surface area (Å²) < 4.78 is 27.9. The van der Waals surface area contributed by atoms with Crippen LogP contribution in [0, 0.1) is 0 Å². The SMILES string of the molecule is CN(C(=O)c1cccc(S(=O)(=O)N(C)C2CCCCC2)c1)c1ccc2ccccc2c1. The first-order chi connectivity index (χ1) is 14.9. The summed E-state index contributed by atoms with van der Waals surface area (Å²) in [6.07, 6.45) is 5.05. The van der Waals surface area contributed by atoms with Crippen molar-refractivity contribution in [2.75, 3.05) is 19.0 Å². The standard InChI is InChI=1S/C25H28N2O3S/c1-26(23-16-15-19-9-6-7-10-20(19)17-23)25(28)21-11-8-14-24(18-21)31(29,30)27(2)22-12-4-3-5-13-22/h6-11,14-18,22H,3-5,12-13H2,1-2H3. The second-order valence-corrected chi connectivity index (χ2v) is 10.2. The van der Waals surface area contributed by atoms with Crippen molar-refractivity contribution in [2.24, 2.45) is 0 Å². The van der Waals surface area contributed by atoms with E-state index in [0.29, 0.717) is 5.56 Å². The predicted molar refractivity (Wildman–Crippen MR) is 125 cm³/mol. The molecule has 5 nitrogen and oxygen atoms in total. The van der Waals surface area contributed by atoms with Crippen molar-refractivity contribution >= 4 is 32.4 Å². The summed E-state index contributed by atoms with van der Waals surface area (Å²) >= 11 is 0. The van der Waals surface area contributed by atoms with Gasteiger partial charge < -0.3 is 4.90 Å². The molecule has 0 bridgehead atoms. The fourth-order valence-electron chi connectivity index (χ4n) is 4.29. The number of carbonyl (C=O) groups excluding carboxylic acids is 1. The Morgan fingerprint density at radius 1 is 0.839 bits per heavy atom. The third kappa shape index (κ3) is 4.36. The average molecular weight is 437 g/mol. The van der Waals surface area contributed by atoms with E-state index in [4.69, 9.17) is 0 Å². The van der Waals surface area contributed by atoms with Gasteiger partial charge in [-0.15, -0.1) is 0 Å². The van der Waals surface area contributed by atoms with E-state index in [9.17, 15) is 13.2 Å². The lowest BCUT2D eigenvalue weighted by Crippen LogP contribution is -2.38. The van der Waals surface area contributed by atoms with Crippen molar-refractivity contribution in [1.82, 2.24) is 4.31 Å². The lowest BCUT2D eigenvalue weighted by Gasteiger charge is -2.30. The molecule has 0 aromatic heterocycles. The molecule has 1 saturated carbocycles. The van der Waals surface area contributed by atoms with Gasteiger partial charge in [0.1, 0.15) is 0 Å². The van der Waals surface area contributed by atoms with Crippen LogP contribution in [-0.2, 0) is 10.0 Å². The number of sulfonamides is 1. The van der Waals surface area contributed by atoms with E-state index in [1.54, 1.807) is 37.2 Å². The van der Waals surface area contributed by atoms with E-state index in [0.717, 1.165) is 48.6 Å². The third-order valence-corrected chi connectivity index (χ3v) is 8.18. The molecule has 1 aliphatic carbocycles. The molecule has 3 aromatic carbocycles. The van der Waals surface area contributed by atoms with Crippen LogP contribution in [0.4, 0.5) is 5.69 Å². The molecule has 4 rings (SSSR count). The van der Waals surface area contributed by atoms with Gasteiger partial charge in [-0.1, -0.05) is 55.7 Å². The molecule has 3 aromatic rings. The minimum Gasteiger partial charge on any atom is -0.311 e. The van der Waals surface area contributed by atoms with Crippen molar-refractivity contribution in [3.63, 3.8) is 0 Å². The van der Waals surface area contributed by atoms with Crippen molar-refractivity contribution in [2.45, 2.75) is 43.0 Å². The Morgan fingerprint density at radius 3 is 2.29 bits per heavy atom. The molecule has 1 amide bonds.